The van der Waals surface area contributed by atoms with Gasteiger partial charge in [-0.1, -0.05) is 47.0 Å². The molecule has 1 spiro atoms. The normalized spacial score (nSPS) is 26.9. The van der Waals surface area contributed by atoms with Gasteiger partial charge in [-0.25, -0.2) is 0 Å². The van der Waals surface area contributed by atoms with Crippen molar-refractivity contribution in [2.45, 2.75) is 71.4 Å². The number of nitrogens with one attached hydrogen (secondary N) is 1. The molecule has 1 aliphatic heterocycles. The lowest BCUT2D eigenvalue weighted by atomic mass is 9.78. The van der Waals surface area contributed by atoms with E-state index in [0.717, 1.165) is 26.3 Å². The average molecular weight is 296 g/mol. The summed E-state index contributed by atoms with van der Waals surface area (Å²) >= 11 is 0. The van der Waals surface area contributed by atoms with Crippen molar-refractivity contribution in [2.24, 2.45) is 11.8 Å². The van der Waals surface area contributed by atoms with Gasteiger partial charge in [0.15, 0.2) is 0 Å². The van der Waals surface area contributed by atoms with Crippen molar-refractivity contribution in [2.75, 3.05) is 32.8 Å². The number of hydrogen-bond donors (Lipinski definition) is 1. The van der Waals surface area contributed by atoms with Crippen LogP contribution in [0.4, 0.5) is 0 Å². The van der Waals surface area contributed by atoms with Gasteiger partial charge in [0.25, 0.3) is 0 Å². The van der Waals surface area contributed by atoms with Crippen LogP contribution in [0, 0.1) is 11.8 Å². The Kier molecular flexibility index (Phi) is 6.51. The molecule has 0 aromatic heterocycles. The minimum Gasteiger partial charge on any atom is -0.380 e. The van der Waals surface area contributed by atoms with Crippen molar-refractivity contribution in [1.82, 2.24) is 10.2 Å². The fourth-order valence-corrected chi connectivity index (χ4v) is 3.98. The second kappa shape index (κ2) is 7.94. The molecular formula is C18H36N2O. The summed E-state index contributed by atoms with van der Waals surface area (Å²) in [5.74, 6) is 1.35. The van der Waals surface area contributed by atoms with E-state index in [1.807, 2.05) is 0 Å². The zero-order chi connectivity index (χ0) is 15.3. The summed E-state index contributed by atoms with van der Waals surface area (Å²) in [6, 6.07) is 0.667. The first kappa shape index (κ1) is 17.2. The molecule has 0 bridgehead atoms. The minimum atomic E-state index is 0.404. The van der Waals surface area contributed by atoms with Gasteiger partial charge < -0.3 is 10.1 Å². The molecule has 21 heavy (non-hydrogen) atoms. The highest BCUT2D eigenvalue weighted by Crippen LogP contribution is 2.32. The fourth-order valence-electron chi connectivity index (χ4n) is 3.98. The van der Waals surface area contributed by atoms with Crippen LogP contribution in [0.3, 0.4) is 0 Å². The van der Waals surface area contributed by atoms with Crippen molar-refractivity contribution in [3.63, 3.8) is 0 Å². The van der Waals surface area contributed by atoms with E-state index in [-0.39, 0.29) is 0 Å². The maximum absolute atomic E-state index is 5.84. The summed E-state index contributed by atoms with van der Waals surface area (Å²) in [7, 11) is 0. The van der Waals surface area contributed by atoms with Crippen molar-refractivity contribution >= 4 is 0 Å². The van der Waals surface area contributed by atoms with Crippen LogP contribution < -0.4 is 5.32 Å². The first-order valence-corrected chi connectivity index (χ1v) is 9.09. The fraction of sp³-hybridized carbons (Fsp3) is 1.00. The van der Waals surface area contributed by atoms with E-state index >= 15 is 0 Å². The van der Waals surface area contributed by atoms with Crippen LogP contribution >= 0.6 is 0 Å². The summed E-state index contributed by atoms with van der Waals surface area (Å²) in [4.78, 5) is 2.72. The Bertz CT molecular complexity index is 298. The Hall–Kier alpha value is -0.120. The van der Waals surface area contributed by atoms with Crippen LogP contribution in [0.15, 0.2) is 0 Å². The SMILES string of the molecule is CC(C)COCCN1CC2(CCCCC2)NCC1C(C)C. The molecule has 124 valence electrons. The third kappa shape index (κ3) is 4.94. The lowest BCUT2D eigenvalue weighted by molar-refractivity contribution is 0.00910. The summed E-state index contributed by atoms with van der Waals surface area (Å²) in [6.45, 7) is 14.4. The molecule has 1 aliphatic carbocycles. The molecule has 3 heteroatoms. The highest BCUT2D eigenvalue weighted by atomic mass is 16.5. The molecule has 2 aliphatic rings. The van der Waals surface area contributed by atoms with Crippen LogP contribution in [0.1, 0.15) is 59.8 Å². The predicted molar refractivity (Wildman–Crippen MR) is 89.7 cm³/mol. The maximum atomic E-state index is 5.84. The lowest BCUT2D eigenvalue weighted by Gasteiger charge is -2.51. The van der Waals surface area contributed by atoms with E-state index in [4.69, 9.17) is 4.74 Å². The predicted octanol–water partition coefficient (Wildman–Crippen LogP) is 3.29. The standard InChI is InChI=1S/C18H36N2O/c1-15(2)13-21-11-10-20-14-18(8-6-5-7-9-18)19-12-17(20)16(3)4/h15-17,19H,5-14H2,1-4H3. The van der Waals surface area contributed by atoms with E-state index in [9.17, 15) is 0 Å². The monoisotopic (exact) mass is 296 g/mol. The Morgan fingerprint density at radius 1 is 1.14 bits per heavy atom. The molecule has 1 unspecified atom stereocenters. The first-order chi connectivity index (χ1) is 10.0. The van der Waals surface area contributed by atoms with Gasteiger partial charge in [0, 0.05) is 37.8 Å². The van der Waals surface area contributed by atoms with Gasteiger partial charge in [0.2, 0.25) is 0 Å². The van der Waals surface area contributed by atoms with Gasteiger partial charge in [-0.2, -0.15) is 0 Å². The summed E-state index contributed by atoms with van der Waals surface area (Å²) in [5, 5.41) is 3.92. The van der Waals surface area contributed by atoms with Crippen molar-refractivity contribution in [3.8, 4) is 0 Å². The lowest BCUT2D eigenvalue weighted by Crippen LogP contribution is -2.66. The van der Waals surface area contributed by atoms with Crippen molar-refractivity contribution in [3.05, 3.63) is 0 Å². The van der Waals surface area contributed by atoms with Crippen molar-refractivity contribution < 1.29 is 4.74 Å². The zero-order valence-electron chi connectivity index (χ0n) is 14.7. The topological polar surface area (TPSA) is 24.5 Å². The molecule has 3 nitrogen and oxygen atoms in total. The van der Waals surface area contributed by atoms with Crippen LogP contribution in [-0.2, 0) is 4.74 Å². The number of piperazine rings is 1. The molecule has 0 amide bonds. The van der Waals surface area contributed by atoms with Gasteiger partial charge >= 0.3 is 0 Å². The molecule has 0 aromatic carbocycles. The number of hydrogen-bond acceptors (Lipinski definition) is 3. The summed E-state index contributed by atoms with van der Waals surface area (Å²) < 4.78 is 5.84. The number of rotatable bonds is 6. The second-order valence-electron chi connectivity index (χ2n) is 7.97. The van der Waals surface area contributed by atoms with E-state index < -0.39 is 0 Å². The maximum Gasteiger partial charge on any atom is 0.0593 e. The van der Waals surface area contributed by atoms with Crippen LogP contribution in [0.5, 0.6) is 0 Å². The second-order valence-corrected chi connectivity index (χ2v) is 7.97. The third-order valence-electron chi connectivity index (χ3n) is 5.22. The number of nitrogens with zero attached hydrogens (tertiary/aromatic N) is 1. The number of ether oxygens (including phenoxy) is 1. The van der Waals surface area contributed by atoms with Gasteiger partial charge in [-0.05, 0) is 24.7 Å². The molecule has 0 radical (unpaired) electrons. The van der Waals surface area contributed by atoms with Gasteiger partial charge in [0.05, 0.1) is 6.61 Å². The third-order valence-corrected chi connectivity index (χ3v) is 5.22. The largest absolute Gasteiger partial charge is 0.380 e. The molecule has 1 N–H and O–H groups in total. The molecule has 2 fully saturated rings. The van der Waals surface area contributed by atoms with Gasteiger partial charge in [-0.15, -0.1) is 0 Å². The zero-order valence-corrected chi connectivity index (χ0v) is 14.7. The summed E-state index contributed by atoms with van der Waals surface area (Å²) in [6.07, 6.45) is 6.95. The molecular weight excluding hydrogens is 260 g/mol. The molecule has 1 atom stereocenters. The summed E-state index contributed by atoms with van der Waals surface area (Å²) in [5.41, 5.74) is 0.404. The smallest absolute Gasteiger partial charge is 0.0593 e. The first-order valence-electron chi connectivity index (χ1n) is 9.09. The highest BCUT2D eigenvalue weighted by Gasteiger charge is 2.40. The van der Waals surface area contributed by atoms with Gasteiger partial charge in [0.1, 0.15) is 0 Å². The minimum absolute atomic E-state index is 0.404. The highest BCUT2D eigenvalue weighted by molar-refractivity contribution is 5.00. The molecule has 0 aromatic rings. The average Bonchev–Trinajstić information content (AvgIpc) is 2.44. The Labute approximate surface area is 131 Å². The molecule has 1 saturated heterocycles. The van der Waals surface area contributed by atoms with Crippen LogP contribution in [-0.4, -0.2) is 49.3 Å². The quantitative estimate of drug-likeness (QED) is 0.761. The Balaban J connectivity index is 1.88. The molecule has 2 rings (SSSR count). The molecule has 1 saturated carbocycles. The van der Waals surface area contributed by atoms with Crippen LogP contribution in [0.25, 0.3) is 0 Å². The van der Waals surface area contributed by atoms with E-state index in [1.54, 1.807) is 0 Å². The Morgan fingerprint density at radius 3 is 2.48 bits per heavy atom. The van der Waals surface area contributed by atoms with E-state index in [0.29, 0.717) is 23.4 Å². The van der Waals surface area contributed by atoms with Crippen molar-refractivity contribution in [1.29, 1.82) is 0 Å². The van der Waals surface area contributed by atoms with E-state index in [1.165, 1.54) is 38.6 Å². The van der Waals surface area contributed by atoms with E-state index in [2.05, 4.69) is 37.9 Å². The Morgan fingerprint density at radius 2 is 1.86 bits per heavy atom. The molecule has 1 heterocycles. The van der Waals surface area contributed by atoms with Crippen LogP contribution in [0.2, 0.25) is 0 Å². The van der Waals surface area contributed by atoms with Gasteiger partial charge in [-0.3, -0.25) is 4.90 Å².